The molecule has 17 heavy (non-hydrogen) atoms. The summed E-state index contributed by atoms with van der Waals surface area (Å²) in [6, 6.07) is 4.63. The van der Waals surface area contributed by atoms with Gasteiger partial charge in [0.25, 0.3) is 0 Å². The zero-order valence-electron chi connectivity index (χ0n) is 9.95. The summed E-state index contributed by atoms with van der Waals surface area (Å²) in [5, 5.41) is 4.40. The summed E-state index contributed by atoms with van der Waals surface area (Å²) >= 11 is 0. The molecule has 1 atom stereocenters. The van der Waals surface area contributed by atoms with E-state index in [4.69, 9.17) is 0 Å². The molecule has 1 aliphatic heterocycles. The van der Waals surface area contributed by atoms with Crippen LogP contribution < -0.4 is 4.90 Å². The summed E-state index contributed by atoms with van der Waals surface area (Å²) < 4.78 is 2.09. The zero-order valence-corrected chi connectivity index (χ0v) is 9.95. The topological polar surface area (TPSA) is 34.0 Å². The van der Waals surface area contributed by atoms with Gasteiger partial charge in [-0.1, -0.05) is 0 Å². The van der Waals surface area contributed by atoms with Crippen LogP contribution >= 0.6 is 0 Å². The van der Waals surface area contributed by atoms with E-state index in [0.717, 1.165) is 19.5 Å². The smallest absolute Gasteiger partial charge is 0.0710 e. The predicted molar refractivity (Wildman–Crippen MR) is 67.1 cm³/mol. The minimum atomic E-state index is 0.497. The molecule has 4 heteroatoms. The van der Waals surface area contributed by atoms with Gasteiger partial charge < -0.3 is 4.90 Å². The lowest BCUT2D eigenvalue weighted by atomic mass is 10.3. The summed E-state index contributed by atoms with van der Waals surface area (Å²) in [5.41, 5.74) is 2.48. The van der Waals surface area contributed by atoms with Gasteiger partial charge in [0.05, 0.1) is 12.2 Å². The van der Waals surface area contributed by atoms with Crippen LogP contribution in [0.2, 0.25) is 0 Å². The van der Waals surface area contributed by atoms with Gasteiger partial charge in [-0.25, -0.2) is 0 Å². The van der Waals surface area contributed by atoms with Gasteiger partial charge in [0, 0.05) is 37.4 Å². The maximum absolute atomic E-state index is 4.40. The fourth-order valence-electron chi connectivity index (χ4n) is 2.38. The first-order chi connectivity index (χ1) is 8.33. The minimum absolute atomic E-state index is 0.497. The second-order valence-electron chi connectivity index (χ2n) is 4.59. The summed E-state index contributed by atoms with van der Waals surface area (Å²) in [4.78, 5) is 6.45. The number of rotatable bonds is 2. The Morgan fingerprint density at radius 2 is 2.12 bits per heavy atom. The molecular formula is C13H16N4. The van der Waals surface area contributed by atoms with E-state index in [1.807, 2.05) is 18.6 Å². The molecule has 3 heterocycles. The monoisotopic (exact) mass is 228 g/mol. The highest BCUT2D eigenvalue weighted by Gasteiger charge is 2.24. The normalized spacial score (nSPS) is 19.8. The van der Waals surface area contributed by atoms with E-state index >= 15 is 0 Å². The van der Waals surface area contributed by atoms with Crippen molar-refractivity contribution in [3.05, 3.63) is 42.5 Å². The lowest BCUT2D eigenvalue weighted by molar-refractivity contribution is 0.494. The second kappa shape index (κ2) is 4.20. The molecule has 1 aliphatic rings. The first-order valence-electron chi connectivity index (χ1n) is 5.98. The van der Waals surface area contributed by atoms with Gasteiger partial charge in [0.2, 0.25) is 0 Å². The number of aryl methyl sites for hydroxylation is 1. The average molecular weight is 228 g/mol. The Hall–Kier alpha value is -1.84. The molecule has 1 saturated heterocycles. The van der Waals surface area contributed by atoms with E-state index in [0.29, 0.717) is 6.04 Å². The van der Waals surface area contributed by atoms with Gasteiger partial charge in [0.1, 0.15) is 0 Å². The number of nitrogens with zero attached hydrogens (tertiary/aromatic N) is 4. The molecule has 3 rings (SSSR count). The maximum Gasteiger partial charge on any atom is 0.0710 e. The summed E-state index contributed by atoms with van der Waals surface area (Å²) in [6.45, 7) is 4.21. The fourth-order valence-corrected chi connectivity index (χ4v) is 2.38. The van der Waals surface area contributed by atoms with Crippen LogP contribution in [-0.4, -0.2) is 27.9 Å². The molecule has 0 spiro atoms. The Labute approximate surface area is 101 Å². The van der Waals surface area contributed by atoms with Gasteiger partial charge in [-0.15, -0.1) is 0 Å². The quantitative estimate of drug-likeness (QED) is 0.788. The highest BCUT2D eigenvalue weighted by atomic mass is 15.3. The molecule has 1 unspecified atom stereocenters. The second-order valence-corrected chi connectivity index (χ2v) is 4.59. The van der Waals surface area contributed by atoms with Crippen LogP contribution in [0.5, 0.6) is 0 Å². The molecule has 0 bridgehead atoms. The van der Waals surface area contributed by atoms with Crippen LogP contribution in [0.3, 0.4) is 0 Å². The van der Waals surface area contributed by atoms with E-state index in [9.17, 15) is 0 Å². The van der Waals surface area contributed by atoms with Crippen molar-refractivity contribution >= 4 is 5.69 Å². The largest absolute Gasteiger partial charge is 0.369 e. The van der Waals surface area contributed by atoms with Crippen molar-refractivity contribution in [2.45, 2.75) is 19.4 Å². The number of anilines is 1. The standard InChI is InChI=1S/C13H16N4/c1-11-8-15-17(9-11)13-4-7-16(10-13)12-2-5-14-6-3-12/h2-3,5-6,8-9,13H,4,7,10H2,1H3. The first kappa shape index (κ1) is 10.3. The number of aromatic nitrogens is 3. The van der Waals surface area contributed by atoms with E-state index < -0.39 is 0 Å². The first-order valence-corrected chi connectivity index (χ1v) is 5.98. The average Bonchev–Trinajstić information content (AvgIpc) is 2.98. The fraction of sp³-hybridized carbons (Fsp3) is 0.385. The van der Waals surface area contributed by atoms with E-state index in [1.54, 1.807) is 0 Å². The van der Waals surface area contributed by atoms with Crippen molar-refractivity contribution in [2.24, 2.45) is 0 Å². The third-order valence-electron chi connectivity index (χ3n) is 3.30. The Kier molecular flexibility index (Phi) is 2.55. The maximum atomic E-state index is 4.40. The highest BCUT2D eigenvalue weighted by Crippen LogP contribution is 2.25. The molecule has 1 fully saturated rings. The van der Waals surface area contributed by atoms with Crippen LogP contribution in [0.1, 0.15) is 18.0 Å². The van der Waals surface area contributed by atoms with Gasteiger partial charge >= 0.3 is 0 Å². The Bertz CT molecular complexity index is 491. The lowest BCUT2D eigenvalue weighted by Crippen LogP contribution is -2.20. The molecule has 2 aromatic rings. The summed E-state index contributed by atoms with van der Waals surface area (Å²) in [6.07, 6.45) is 8.90. The molecule has 0 aromatic carbocycles. The van der Waals surface area contributed by atoms with E-state index in [-0.39, 0.29) is 0 Å². The van der Waals surface area contributed by atoms with Gasteiger partial charge in [-0.2, -0.15) is 5.10 Å². The number of hydrogen-bond donors (Lipinski definition) is 0. The van der Waals surface area contributed by atoms with Crippen molar-refractivity contribution < 1.29 is 0 Å². The zero-order chi connectivity index (χ0) is 11.7. The molecule has 0 amide bonds. The van der Waals surface area contributed by atoms with Crippen molar-refractivity contribution in [3.63, 3.8) is 0 Å². The third kappa shape index (κ3) is 2.02. The molecule has 88 valence electrons. The van der Waals surface area contributed by atoms with Gasteiger partial charge in [-0.3, -0.25) is 9.67 Å². The van der Waals surface area contributed by atoms with Crippen molar-refractivity contribution in [1.29, 1.82) is 0 Å². The van der Waals surface area contributed by atoms with Gasteiger partial charge in [0.15, 0.2) is 0 Å². The summed E-state index contributed by atoms with van der Waals surface area (Å²) in [5.74, 6) is 0. The van der Waals surface area contributed by atoms with Crippen LogP contribution in [0.15, 0.2) is 36.9 Å². The molecule has 2 aromatic heterocycles. The Morgan fingerprint density at radius 3 is 2.82 bits per heavy atom. The molecule has 0 aliphatic carbocycles. The van der Waals surface area contributed by atoms with Crippen LogP contribution in [0, 0.1) is 6.92 Å². The molecule has 4 nitrogen and oxygen atoms in total. The van der Waals surface area contributed by atoms with Gasteiger partial charge in [-0.05, 0) is 31.0 Å². The number of pyridine rings is 1. The van der Waals surface area contributed by atoms with Crippen LogP contribution in [-0.2, 0) is 0 Å². The molecule has 0 radical (unpaired) electrons. The predicted octanol–water partition coefficient (Wildman–Crippen LogP) is 2.04. The summed E-state index contributed by atoms with van der Waals surface area (Å²) in [7, 11) is 0. The van der Waals surface area contributed by atoms with Crippen molar-refractivity contribution in [1.82, 2.24) is 14.8 Å². The van der Waals surface area contributed by atoms with Crippen LogP contribution in [0.25, 0.3) is 0 Å². The van der Waals surface area contributed by atoms with E-state index in [2.05, 4.69) is 44.9 Å². The highest BCUT2D eigenvalue weighted by molar-refractivity contribution is 5.45. The van der Waals surface area contributed by atoms with Crippen LogP contribution in [0.4, 0.5) is 5.69 Å². The number of hydrogen-bond acceptors (Lipinski definition) is 3. The Balaban J connectivity index is 1.74. The molecular weight excluding hydrogens is 212 g/mol. The molecule has 0 saturated carbocycles. The van der Waals surface area contributed by atoms with Crippen molar-refractivity contribution in [2.75, 3.05) is 18.0 Å². The third-order valence-corrected chi connectivity index (χ3v) is 3.30. The lowest BCUT2D eigenvalue weighted by Gasteiger charge is -2.18. The van der Waals surface area contributed by atoms with Crippen molar-refractivity contribution in [3.8, 4) is 0 Å². The SMILES string of the molecule is Cc1cnn(C2CCN(c3ccncc3)C2)c1. The Morgan fingerprint density at radius 1 is 1.29 bits per heavy atom. The minimum Gasteiger partial charge on any atom is -0.369 e. The van der Waals surface area contributed by atoms with E-state index in [1.165, 1.54) is 11.3 Å². The molecule has 0 N–H and O–H groups in total.